The topological polar surface area (TPSA) is 37.3 Å². The Labute approximate surface area is 167 Å². The number of fused-ring (bicyclic) bond motifs is 5. The second-order valence-corrected chi connectivity index (χ2v) is 10.9. The van der Waals surface area contributed by atoms with E-state index in [-0.39, 0.29) is 23.0 Å². The molecule has 4 aliphatic carbocycles. The van der Waals surface area contributed by atoms with E-state index in [1.54, 1.807) is 12.2 Å². The number of alkyl halides is 1. The number of allylic oxidation sites excluding steroid dienone is 6. The molecule has 26 heavy (non-hydrogen) atoms. The van der Waals surface area contributed by atoms with Crippen LogP contribution < -0.4 is 0 Å². The van der Waals surface area contributed by atoms with Gasteiger partial charge in [0, 0.05) is 26.1 Å². The van der Waals surface area contributed by atoms with Gasteiger partial charge in [-0.15, -0.1) is 11.8 Å². The van der Waals surface area contributed by atoms with Crippen molar-refractivity contribution in [2.24, 2.45) is 22.7 Å². The summed E-state index contributed by atoms with van der Waals surface area (Å²) >= 11 is 5.58. The molecule has 6 atom stereocenters. The Kier molecular flexibility index (Phi) is 4.41. The van der Waals surface area contributed by atoms with Gasteiger partial charge in [-0.25, -0.2) is 4.39 Å². The summed E-state index contributed by atoms with van der Waals surface area (Å²) in [4.78, 5) is 13.1. The molecule has 5 heteroatoms. The van der Waals surface area contributed by atoms with Crippen molar-refractivity contribution < 1.29 is 14.3 Å². The van der Waals surface area contributed by atoms with Gasteiger partial charge in [0.1, 0.15) is 0 Å². The van der Waals surface area contributed by atoms with E-state index in [9.17, 15) is 9.90 Å². The molecule has 2 saturated carbocycles. The molecule has 0 radical (unpaired) electrons. The predicted molar refractivity (Wildman–Crippen MR) is 108 cm³/mol. The number of thioether (sulfide) groups is 1. The van der Waals surface area contributed by atoms with Crippen LogP contribution in [0.2, 0.25) is 0 Å². The van der Waals surface area contributed by atoms with Gasteiger partial charge in [-0.3, -0.25) is 4.79 Å². The van der Waals surface area contributed by atoms with Crippen LogP contribution in [0.1, 0.15) is 46.5 Å². The maximum absolute atomic E-state index is 16.8. The van der Waals surface area contributed by atoms with Gasteiger partial charge < -0.3 is 5.11 Å². The first kappa shape index (κ1) is 18.9. The monoisotopic (exact) mass is 440 g/mol. The van der Waals surface area contributed by atoms with Crippen LogP contribution in [0.25, 0.3) is 0 Å². The van der Waals surface area contributed by atoms with Crippen molar-refractivity contribution in [1.29, 1.82) is 0 Å². The maximum Gasteiger partial charge on any atom is 0.178 e. The van der Waals surface area contributed by atoms with Gasteiger partial charge in [0.05, 0.1) is 6.10 Å². The lowest BCUT2D eigenvalue weighted by atomic mass is 9.46. The average Bonchev–Trinajstić information content (AvgIpc) is 2.82. The summed E-state index contributed by atoms with van der Waals surface area (Å²) in [6.07, 6.45) is 6.48. The normalized spacial score (nSPS) is 47.4. The minimum Gasteiger partial charge on any atom is -0.390 e. The van der Waals surface area contributed by atoms with Crippen molar-refractivity contribution in [2.75, 3.05) is 5.75 Å². The molecular formula is C21H26BrFO2S. The molecule has 0 unspecified atom stereocenters. The van der Waals surface area contributed by atoms with Crippen LogP contribution in [0.5, 0.6) is 0 Å². The Hall–Kier alpha value is -0.390. The molecule has 0 spiro atoms. The van der Waals surface area contributed by atoms with Crippen LogP contribution in [0.3, 0.4) is 0 Å². The van der Waals surface area contributed by atoms with Crippen molar-refractivity contribution in [3.8, 4) is 0 Å². The fourth-order valence-electron chi connectivity index (χ4n) is 6.18. The number of rotatable bonds is 2. The second kappa shape index (κ2) is 6.05. The minimum atomic E-state index is -1.72. The predicted octanol–water partition coefficient (Wildman–Crippen LogP) is 5.33. The molecule has 2 fully saturated rings. The highest BCUT2D eigenvalue weighted by Gasteiger charge is 2.69. The van der Waals surface area contributed by atoms with Crippen molar-refractivity contribution in [2.45, 2.75) is 58.2 Å². The van der Waals surface area contributed by atoms with Crippen molar-refractivity contribution >= 4 is 33.5 Å². The SMILES string of the molecule is CCSC1=C(Br)C[C@H]2[C@@H]3CCC4=CC(=O)C=C[C@]4(C)[C@@]3(F)[C@@H](O)C[C@]12C. The van der Waals surface area contributed by atoms with Crippen LogP contribution in [-0.4, -0.2) is 28.4 Å². The van der Waals surface area contributed by atoms with Crippen LogP contribution in [0, 0.1) is 22.7 Å². The molecular weight excluding hydrogens is 415 g/mol. The van der Waals surface area contributed by atoms with Crippen molar-refractivity contribution in [1.82, 2.24) is 0 Å². The van der Waals surface area contributed by atoms with Gasteiger partial charge in [-0.05, 0) is 56.4 Å². The first-order valence-corrected chi connectivity index (χ1v) is 11.3. The molecule has 4 rings (SSSR count). The molecule has 0 aliphatic heterocycles. The van der Waals surface area contributed by atoms with Crippen LogP contribution in [0.15, 0.2) is 33.2 Å². The third-order valence-electron chi connectivity index (χ3n) is 7.48. The number of aliphatic hydroxyl groups is 1. The van der Waals surface area contributed by atoms with Crippen molar-refractivity contribution in [3.05, 3.63) is 33.2 Å². The smallest absolute Gasteiger partial charge is 0.178 e. The number of aliphatic hydroxyl groups excluding tert-OH is 1. The van der Waals surface area contributed by atoms with Gasteiger partial charge >= 0.3 is 0 Å². The fraction of sp³-hybridized carbons (Fsp3) is 0.667. The molecule has 0 aromatic rings. The van der Waals surface area contributed by atoms with Gasteiger partial charge in [0.25, 0.3) is 0 Å². The van der Waals surface area contributed by atoms with E-state index in [4.69, 9.17) is 0 Å². The van der Waals surface area contributed by atoms with E-state index < -0.39 is 17.2 Å². The van der Waals surface area contributed by atoms with E-state index >= 15 is 4.39 Å². The maximum atomic E-state index is 16.8. The zero-order valence-corrected chi connectivity index (χ0v) is 17.9. The number of carbonyl (C=O) groups excluding carboxylic acids is 1. The molecule has 0 saturated heterocycles. The van der Waals surface area contributed by atoms with E-state index in [0.717, 1.165) is 24.2 Å². The zero-order valence-electron chi connectivity index (χ0n) is 15.5. The Morgan fingerprint density at radius 1 is 1.38 bits per heavy atom. The lowest BCUT2D eigenvalue weighted by molar-refractivity contribution is -0.184. The van der Waals surface area contributed by atoms with E-state index in [1.807, 2.05) is 18.7 Å². The first-order chi connectivity index (χ1) is 12.2. The Balaban J connectivity index is 1.80. The molecule has 142 valence electrons. The van der Waals surface area contributed by atoms with Crippen molar-refractivity contribution in [3.63, 3.8) is 0 Å². The minimum absolute atomic E-state index is 0.0680. The Morgan fingerprint density at radius 3 is 2.81 bits per heavy atom. The number of halogens is 2. The summed E-state index contributed by atoms with van der Waals surface area (Å²) in [5, 5.41) is 11.2. The summed E-state index contributed by atoms with van der Waals surface area (Å²) in [6.45, 7) is 6.22. The Morgan fingerprint density at radius 2 is 2.12 bits per heavy atom. The van der Waals surface area contributed by atoms with Gasteiger partial charge in [0.15, 0.2) is 11.5 Å². The lowest BCUT2D eigenvalue weighted by Crippen LogP contribution is -2.66. The molecule has 1 N–H and O–H groups in total. The summed E-state index contributed by atoms with van der Waals surface area (Å²) in [5.41, 5.74) is -1.94. The summed E-state index contributed by atoms with van der Waals surface area (Å²) < 4.78 is 18.0. The van der Waals surface area contributed by atoms with E-state index in [0.29, 0.717) is 12.8 Å². The van der Waals surface area contributed by atoms with Crippen LogP contribution >= 0.6 is 27.7 Å². The third kappa shape index (κ3) is 2.23. The third-order valence-corrected chi connectivity index (χ3v) is 9.76. The van der Waals surface area contributed by atoms with E-state index in [1.165, 1.54) is 15.5 Å². The molecule has 0 bridgehead atoms. The largest absolute Gasteiger partial charge is 0.390 e. The number of ketones is 1. The Bertz CT molecular complexity index is 759. The van der Waals surface area contributed by atoms with Gasteiger partial charge in [-0.1, -0.05) is 41.4 Å². The summed E-state index contributed by atoms with van der Waals surface area (Å²) in [5.74, 6) is 0.882. The highest BCUT2D eigenvalue weighted by Crippen LogP contribution is 2.70. The zero-order chi connectivity index (χ0) is 18.9. The van der Waals surface area contributed by atoms with E-state index in [2.05, 4.69) is 29.8 Å². The molecule has 4 aliphatic rings. The molecule has 0 aromatic carbocycles. The lowest BCUT2D eigenvalue weighted by Gasteiger charge is -2.61. The summed E-state index contributed by atoms with van der Waals surface area (Å²) in [7, 11) is 0. The van der Waals surface area contributed by atoms with Gasteiger partial charge in [0.2, 0.25) is 0 Å². The number of carbonyl (C=O) groups is 1. The molecule has 2 nitrogen and oxygen atoms in total. The fourth-order valence-corrected chi connectivity index (χ4v) is 8.42. The van der Waals surface area contributed by atoms with Crippen LogP contribution in [0.4, 0.5) is 4.39 Å². The first-order valence-electron chi connectivity index (χ1n) is 9.51. The highest BCUT2D eigenvalue weighted by atomic mass is 79.9. The average molecular weight is 441 g/mol. The highest BCUT2D eigenvalue weighted by molar-refractivity contribution is 9.11. The molecule has 0 amide bonds. The second-order valence-electron chi connectivity index (χ2n) is 8.64. The van der Waals surface area contributed by atoms with Crippen LogP contribution in [-0.2, 0) is 4.79 Å². The number of hydrogen-bond acceptors (Lipinski definition) is 3. The summed E-state index contributed by atoms with van der Waals surface area (Å²) in [6, 6.07) is 0. The standard InChI is InChI=1S/C21H26BrFO2S/c1-4-26-18-16(22)10-15-14-6-5-12-9-13(24)7-8-20(12,3)21(14,23)17(25)11-19(15,18)2/h7-9,14-15,17,25H,4-6,10-11H2,1-3H3/t14-,15-,17-,19-,20-,21-/m0/s1. The molecule has 0 aromatic heterocycles. The van der Waals surface area contributed by atoms with Gasteiger partial charge in [-0.2, -0.15) is 0 Å². The quantitative estimate of drug-likeness (QED) is 0.630. The molecule has 0 heterocycles. The number of hydrogen-bond donors (Lipinski definition) is 1.